The largest absolute Gasteiger partial charge is 0.352 e. The van der Waals surface area contributed by atoms with E-state index in [0.717, 1.165) is 6.42 Å². The lowest BCUT2D eigenvalue weighted by molar-refractivity contribution is -0.119. The van der Waals surface area contributed by atoms with Crippen molar-refractivity contribution in [1.82, 2.24) is 14.9 Å². The third-order valence-electron chi connectivity index (χ3n) is 4.20. The highest BCUT2D eigenvalue weighted by Gasteiger charge is 2.28. The molecule has 1 aromatic carbocycles. The number of carbonyl (C=O) groups excluding carboxylic acids is 1. The third-order valence-corrected chi connectivity index (χ3v) is 6.95. The number of para-hydroxylation sites is 1. The molecule has 1 atom stereocenters. The second-order valence-corrected chi connectivity index (χ2v) is 9.50. The molecule has 0 bridgehead atoms. The van der Waals surface area contributed by atoms with E-state index < -0.39 is 9.84 Å². The number of nitrogens with one attached hydrogen (secondary N) is 1. The van der Waals surface area contributed by atoms with E-state index in [2.05, 4.69) is 10.3 Å². The van der Waals surface area contributed by atoms with E-state index >= 15 is 0 Å². The molecule has 1 aliphatic heterocycles. The molecule has 0 radical (unpaired) electrons. The topological polar surface area (TPSA) is 98.1 Å². The van der Waals surface area contributed by atoms with Crippen molar-refractivity contribution in [3.63, 3.8) is 0 Å². The summed E-state index contributed by atoms with van der Waals surface area (Å²) >= 11 is 1.20. The molecule has 1 aromatic heterocycles. The van der Waals surface area contributed by atoms with E-state index in [-0.39, 0.29) is 34.8 Å². The Morgan fingerprint density at radius 1 is 1.38 bits per heavy atom. The molecule has 3 rings (SSSR count). The number of aromatic nitrogens is 2. The third kappa shape index (κ3) is 4.27. The Bertz CT molecular complexity index is 985. The van der Waals surface area contributed by atoms with Crippen LogP contribution in [-0.2, 0) is 21.2 Å². The van der Waals surface area contributed by atoms with Gasteiger partial charge in [0.15, 0.2) is 15.0 Å². The number of fused-ring (bicyclic) bond motifs is 1. The predicted molar refractivity (Wildman–Crippen MR) is 102 cm³/mol. The standard InChI is InChI=1S/C17H21N3O4S2/c1-2-8-20-16(22)13-5-3-4-6-14(13)19-17(20)25-10-15(21)18-12-7-9-26(23,24)11-12/h3-6,12H,2,7-11H2,1H3,(H,18,21)/t12-/m0/s1. The van der Waals surface area contributed by atoms with E-state index in [1.54, 1.807) is 22.8 Å². The van der Waals surface area contributed by atoms with Crippen molar-refractivity contribution in [3.8, 4) is 0 Å². The highest BCUT2D eigenvalue weighted by Crippen LogP contribution is 2.18. The molecule has 1 amide bonds. The van der Waals surface area contributed by atoms with Crippen LogP contribution < -0.4 is 10.9 Å². The van der Waals surface area contributed by atoms with Gasteiger partial charge in [-0.15, -0.1) is 0 Å². The Labute approximate surface area is 156 Å². The summed E-state index contributed by atoms with van der Waals surface area (Å²) in [5, 5.41) is 3.82. The van der Waals surface area contributed by atoms with Crippen LogP contribution in [0.1, 0.15) is 19.8 Å². The van der Waals surface area contributed by atoms with Crippen LogP contribution in [0.25, 0.3) is 10.9 Å². The summed E-state index contributed by atoms with van der Waals surface area (Å²) in [4.78, 5) is 29.4. The molecule has 2 aromatic rings. The monoisotopic (exact) mass is 395 g/mol. The predicted octanol–water partition coefficient (Wildman–Crippen LogP) is 1.20. The maximum atomic E-state index is 12.7. The lowest BCUT2D eigenvalue weighted by Crippen LogP contribution is -2.36. The molecule has 0 spiro atoms. The van der Waals surface area contributed by atoms with Gasteiger partial charge in [0, 0.05) is 12.6 Å². The molecule has 0 unspecified atom stereocenters. The molecule has 1 fully saturated rings. The minimum absolute atomic E-state index is 0.00181. The number of amides is 1. The summed E-state index contributed by atoms with van der Waals surface area (Å²) in [6.07, 6.45) is 1.23. The van der Waals surface area contributed by atoms with Crippen molar-refractivity contribution in [1.29, 1.82) is 0 Å². The van der Waals surface area contributed by atoms with Crippen LogP contribution in [0, 0.1) is 0 Å². The van der Waals surface area contributed by atoms with Crippen LogP contribution in [0.2, 0.25) is 0 Å². The average molecular weight is 396 g/mol. The first kappa shape index (κ1) is 18.9. The van der Waals surface area contributed by atoms with Crippen LogP contribution in [0.3, 0.4) is 0 Å². The van der Waals surface area contributed by atoms with Crippen LogP contribution in [0.4, 0.5) is 0 Å². The maximum Gasteiger partial charge on any atom is 0.262 e. The van der Waals surface area contributed by atoms with Crippen LogP contribution in [0.5, 0.6) is 0 Å². The maximum absolute atomic E-state index is 12.7. The number of hydrogen-bond acceptors (Lipinski definition) is 6. The lowest BCUT2D eigenvalue weighted by Gasteiger charge is -2.13. The van der Waals surface area contributed by atoms with Crippen molar-refractivity contribution < 1.29 is 13.2 Å². The fraction of sp³-hybridized carbons (Fsp3) is 0.471. The number of rotatable bonds is 6. The van der Waals surface area contributed by atoms with Gasteiger partial charge in [-0.1, -0.05) is 30.8 Å². The van der Waals surface area contributed by atoms with Gasteiger partial charge < -0.3 is 5.32 Å². The zero-order valence-electron chi connectivity index (χ0n) is 14.5. The minimum atomic E-state index is -3.03. The molecule has 9 heteroatoms. The summed E-state index contributed by atoms with van der Waals surface area (Å²) in [6, 6.07) is 6.83. The van der Waals surface area contributed by atoms with Gasteiger partial charge in [0.1, 0.15) is 0 Å². The second-order valence-electron chi connectivity index (χ2n) is 6.32. The van der Waals surface area contributed by atoms with Crippen molar-refractivity contribution in [2.24, 2.45) is 0 Å². The fourth-order valence-electron chi connectivity index (χ4n) is 2.99. The van der Waals surface area contributed by atoms with Gasteiger partial charge in [0.2, 0.25) is 5.91 Å². The van der Waals surface area contributed by atoms with E-state index in [9.17, 15) is 18.0 Å². The van der Waals surface area contributed by atoms with Gasteiger partial charge in [0.05, 0.1) is 28.2 Å². The Morgan fingerprint density at radius 2 is 2.15 bits per heavy atom. The quantitative estimate of drug-likeness (QED) is 0.583. The molecule has 0 aliphatic carbocycles. The summed E-state index contributed by atoms with van der Waals surface area (Å²) in [5.41, 5.74) is 0.497. The summed E-state index contributed by atoms with van der Waals surface area (Å²) in [5.74, 6) is -0.0427. The van der Waals surface area contributed by atoms with Crippen molar-refractivity contribution in [2.75, 3.05) is 17.3 Å². The Hall–Kier alpha value is -1.87. The number of benzene rings is 1. The number of carbonyl (C=O) groups is 1. The van der Waals surface area contributed by atoms with E-state index in [0.29, 0.717) is 29.0 Å². The molecular weight excluding hydrogens is 374 g/mol. The summed E-state index contributed by atoms with van der Waals surface area (Å²) < 4.78 is 24.5. The van der Waals surface area contributed by atoms with Crippen LogP contribution >= 0.6 is 11.8 Å². The number of thioether (sulfide) groups is 1. The lowest BCUT2D eigenvalue weighted by atomic mass is 10.2. The molecule has 7 nitrogen and oxygen atoms in total. The molecule has 140 valence electrons. The number of sulfone groups is 1. The summed E-state index contributed by atoms with van der Waals surface area (Å²) in [6.45, 7) is 2.50. The highest BCUT2D eigenvalue weighted by atomic mass is 32.2. The SMILES string of the molecule is CCCn1c(SCC(=O)N[C@H]2CCS(=O)(=O)C2)nc2ccccc2c1=O. The van der Waals surface area contributed by atoms with E-state index in [1.165, 1.54) is 11.8 Å². The average Bonchev–Trinajstić information content (AvgIpc) is 2.94. The Kier molecular flexibility index (Phi) is 5.67. The van der Waals surface area contributed by atoms with Gasteiger partial charge >= 0.3 is 0 Å². The first-order valence-corrected chi connectivity index (χ1v) is 11.3. The van der Waals surface area contributed by atoms with Crippen LogP contribution in [0.15, 0.2) is 34.2 Å². The van der Waals surface area contributed by atoms with Gasteiger partial charge in [-0.05, 0) is 25.0 Å². The van der Waals surface area contributed by atoms with Gasteiger partial charge in [-0.25, -0.2) is 13.4 Å². The van der Waals surface area contributed by atoms with E-state index in [1.807, 2.05) is 13.0 Å². The summed E-state index contributed by atoms with van der Waals surface area (Å²) in [7, 11) is -3.03. The van der Waals surface area contributed by atoms with Gasteiger partial charge in [-0.2, -0.15) is 0 Å². The van der Waals surface area contributed by atoms with Gasteiger partial charge in [0.25, 0.3) is 5.56 Å². The van der Waals surface area contributed by atoms with Crippen molar-refractivity contribution in [2.45, 2.75) is 37.5 Å². The zero-order chi connectivity index (χ0) is 18.7. The molecular formula is C17H21N3O4S2. The molecule has 1 aliphatic rings. The number of nitrogens with zero attached hydrogens (tertiary/aromatic N) is 2. The molecule has 1 N–H and O–H groups in total. The first-order valence-electron chi connectivity index (χ1n) is 8.52. The highest BCUT2D eigenvalue weighted by molar-refractivity contribution is 7.99. The minimum Gasteiger partial charge on any atom is -0.352 e. The second kappa shape index (κ2) is 7.79. The van der Waals surface area contributed by atoms with Crippen molar-refractivity contribution >= 4 is 38.4 Å². The molecule has 26 heavy (non-hydrogen) atoms. The van der Waals surface area contributed by atoms with Crippen molar-refractivity contribution in [3.05, 3.63) is 34.6 Å². The molecule has 1 saturated heterocycles. The Morgan fingerprint density at radius 3 is 2.85 bits per heavy atom. The van der Waals surface area contributed by atoms with Gasteiger partial charge in [-0.3, -0.25) is 14.2 Å². The van der Waals surface area contributed by atoms with E-state index in [4.69, 9.17) is 0 Å². The smallest absolute Gasteiger partial charge is 0.262 e. The normalized spacial score (nSPS) is 18.9. The number of hydrogen-bond donors (Lipinski definition) is 1. The molecule has 2 heterocycles. The first-order chi connectivity index (χ1) is 12.4. The van der Waals surface area contributed by atoms with Crippen LogP contribution in [-0.4, -0.2) is 47.2 Å². The molecule has 0 saturated carbocycles. The Balaban J connectivity index is 1.74. The zero-order valence-corrected chi connectivity index (χ0v) is 16.1. The fourth-order valence-corrected chi connectivity index (χ4v) is 5.50.